The molecule has 0 unspecified atom stereocenters. The van der Waals surface area contributed by atoms with Crippen molar-refractivity contribution in [2.45, 2.75) is 26.3 Å². The Bertz CT molecular complexity index is 368. The van der Waals surface area contributed by atoms with Crippen LogP contribution in [0.15, 0.2) is 11.8 Å². The standard InChI is InChI=1S/C14H24N4O2/c1-12(2)17-14(19)13(10-15)11-16-4-3-5-18-6-8-20-9-7-18/h11-12,16H,3-9H2,1-2H3,(H,17,19)/b13-11-. The van der Waals surface area contributed by atoms with Crippen LogP contribution < -0.4 is 10.6 Å². The van der Waals surface area contributed by atoms with Crippen LogP contribution >= 0.6 is 0 Å². The predicted octanol–water partition coefficient (Wildman–Crippen LogP) is 0.230. The Morgan fingerprint density at radius 3 is 2.75 bits per heavy atom. The topological polar surface area (TPSA) is 77.4 Å². The molecule has 0 bridgehead atoms. The smallest absolute Gasteiger partial charge is 0.263 e. The van der Waals surface area contributed by atoms with Crippen LogP contribution in [0.25, 0.3) is 0 Å². The van der Waals surface area contributed by atoms with Gasteiger partial charge >= 0.3 is 0 Å². The third-order valence-corrected chi connectivity index (χ3v) is 2.93. The molecule has 1 fully saturated rings. The lowest BCUT2D eigenvalue weighted by Crippen LogP contribution is -2.37. The van der Waals surface area contributed by atoms with Crippen molar-refractivity contribution in [3.05, 3.63) is 11.8 Å². The molecule has 0 aromatic rings. The normalized spacial score (nSPS) is 16.8. The van der Waals surface area contributed by atoms with Crippen molar-refractivity contribution in [3.63, 3.8) is 0 Å². The number of nitrogens with one attached hydrogen (secondary N) is 2. The molecule has 1 heterocycles. The van der Waals surface area contributed by atoms with E-state index in [0.717, 1.165) is 45.8 Å². The summed E-state index contributed by atoms with van der Waals surface area (Å²) < 4.78 is 5.28. The first-order chi connectivity index (χ1) is 9.63. The molecular formula is C14H24N4O2. The van der Waals surface area contributed by atoms with Gasteiger partial charge in [-0.2, -0.15) is 5.26 Å². The van der Waals surface area contributed by atoms with Gasteiger partial charge in [-0.05, 0) is 26.8 Å². The molecule has 1 rings (SSSR count). The number of rotatable bonds is 7. The Hall–Kier alpha value is -1.58. The van der Waals surface area contributed by atoms with Crippen LogP contribution in [0.3, 0.4) is 0 Å². The van der Waals surface area contributed by atoms with Crippen LogP contribution in [-0.2, 0) is 9.53 Å². The third-order valence-electron chi connectivity index (χ3n) is 2.93. The highest BCUT2D eigenvalue weighted by Gasteiger charge is 2.10. The molecule has 20 heavy (non-hydrogen) atoms. The van der Waals surface area contributed by atoms with Gasteiger partial charge in [0.1, 0.15) is 11.6 Å². The molecule has 0 aromatic carbocycles. The molecule has 1 saturated heterocycles. The fraction of sp³-hybridized carbons (Fsp3) is 0.714. The van der Waals surface area contributed by atoms with Crippen LogP contribution in [0.2, 0.25) is 0 Å². The number of ether oxygens (including phenoxy) is 1. The van der Waals surface area contributed by atoms with E-state index in [-0.39, 0.29) is 17.5 Å². The number of hydrogen-bond donors (Lipinski definition) is 2. The number of morpholine rings is 1. The van der Waals surface area contributed by atoms with Crippen molar-refractivity contribution >= 4 is 5.91 Å². The molecule has 0 radical (unpaired) electrons. The van der Waals surface area contributed by atoms with E-state index in [1.165, 1.54) is 6.20 Å². The fourth-order valence-corrected chi connectivity index (χ4v) is 1.89. The molecule has 0 spiro atoms. The Morgan fingerprint density at radius 2 is 2.15 bits per heavy atom. The largest absolute Gasteiger partial charge is 0.390 e. The first-order valence-electron chi connectivity index (χ1n) is 7.08. The summed E-state index contributed by atoms with van der Waals surface area (Å²) >= 11 is 0. The second kappa shape index (κ2) is 9.34. The van der Waals surface area contributed by atoms with Crippen LogP contribution in [0.5, 0.6) is 0 Å². The average molecular weight is 280 g/mol. The summed E-state index contributed by atoms with van der Waals surface area (Å²) in [6, 6.07) is 1.94. The molecule has 0 saturated carbocycles. The highest BCUT2D eigenvalue weighted by molar-refractivity contribution is 5.97. The SMILES string of the molecule is CC(C)NC(=O)/C(C#N)=C\NCCCN1CCOCC1. The fourth-order valence-electron chi connectivity index (χ4n) is 1.89. The zero-order chi connectivity index (χ0) is 14.8. The molecule has 1 aliphatic heterocycles. The minimum Gasteiger partial charge on any atom is -0.390 e. The van der Waals surface area contributed by atoms with Crippen LogP contribution in [0.4, 0.5) is 0 Å². The second-order valence-corrected chi connectivity index (χ2v) is 5.06. The summed E-state index contributed by atoms with van der Waals surface area (Å²) in [5, 5.41) is 14.6. The van der Waals surface area contributed by atoms with Gasteiger partial charge in [-0.3, -0.25) is 9.69 Å². The Balaban J connectivity index is 2.21. The number of amides is 1. The zero-order valence-corrected chi connectivity index (χ0v) is 12.3. The van der Waals surface area contributed by atoms with Gasteiger partial charge in [0.05, 0.1) is 13.2 Å². The molecule has 0 aromatic heterocycles. The number of carbonyl (C=O) groups is 1. The van der Waals surface area contributed by atoms with Gasteiger partial charge in [0.2, 0.25) is 0 Å². The van der Waals surface area contributed by atoms with Crippen molar-refractivity contribution in [1.82, 2.24) is 15.5 Å². The monoisotopic (exact) mass is 280 g/mol. The van der Waals surface area contributed by atoms with Gasteiger partial charge < -0.3 is 15.4 Å². The average Bonchev–Trinajstić information content (AvgIpc) is 2.43. The molecule has 0 atom stereocenters. The zero-order valence-electron chi connectivity index (χ0n) is 12.3. The van der Waals surface area contributed by atoms with Crippen molar-refractivity contribution in [1.29, 1.82) is 5.26 Å². The van der Waals surface area contributed by atoms with E-state index in [4.69, 9.17) is 10.00 Å². The summed E-state index contributed by atoms with van der Waals surface area (Å²) in [6.07, 6.45) is 2.47. The van der Waals surface area contributed by atoms with Gasteiger partial charge in [-0.1, -0.05) is 0 Å². The predicted molar refractivity (Wildman–Crippen MR) is 76.9 cm³/mol. The van der Waals surface area contributed by atoms with E-state index < -0.39 is 0 Å². The maximum absolute atomic E-state index is 11.6. The van der Waals surface area contributed by atoms with Crippen molar-refractivity contribution in [3.8, 4) is 6.07 Å². The molecule has 112 valence electrons. The van der Waals surface area contributed by atoms with Gasteiger partial charge in [0.15, 0.2) is 0 Å². The highest BCUT2D eigenvalue weighted by atomic mass is 16.5. The third kappa shape index (κ3) is 6.55. The van der Waals surface area contributed by atoms with Crippen molar-refractivity contribution < 1.29 is 9.53 Å². The molecule has 1 aliphatic rings. The molecule has 0 aliphatic carbocycles. The maximum Gasteiger partial charge on any atom is 0.263 e. The molecular weight excluding hydrogens is 256 g/mol. The van der Waals surface area contributed by atoms with Gasteiger partial charge in [-0.15, -0.1) is 0 Å². The first kappa shape index (κ1) is 16.5. The van der Waals surface area contributed by atoms with Crippen LogP contribution in [-0.4, -0.2) is 56.2 Å². The van der Waals surface area contributed by atoms with Crippen molar-refractivity contribution in [2.75, 3.05) is 39.4 Å². The van der Waals surface area contributed by atoms with E-state index in [0.29, 0.717) is 0 Å². The lowest BCUT2D eigenvalue weighted by Gasteiger charge is -2.26. The number of carbonyl (C=O) groups excluding carboxylic acids is 1. The van der Waals surface area contributed by atoms with Crippen molar-refractivity contribution in [2.24, 2.45) is 0 Å². The lowest BCUT2D eigenvalue weighted by molar-refractivity contribution is -0.117. The second-order valence-electron chi connectivity index (χ2n) is 5.06. The van der Waals surface area contributed by atoms with E-state index >= 15 is 0 Å². The summed E-state index contributed by atoms with van der Waals surface area (Å²) in [4.78, 5) is 14.0. The highest BCUT2D eigenvalue weighted by Crippen LogP contribution is 1.97. The Labute approximate surface area is 120 Å². The van der Waals surface area contributed by atoms with E-state index in [1.807, 2.05) is 19.9 Å². The van der Waals surface area contributed by atoms with Gasteiger partial charge in [-0.25, -0.2) is 0 Å². The first-order valence-corrected chi connectivity index (χ1v) is 7.08. The molecule has 1 amide bonds. The quantitative estimate of drug-likeness (QED) is 0.396. The van der Waals surface area contributed by atoms with Crippen LogP contribution in [0.1, 0.15) is 20.3 Å². The molecule has 6 heteroatoms. The summed E-state index contributed by atoms with van der Waals surface area (Å²) in [5.74, 6) is -0.330. The minimum absolute atomic E-state index is 0.0283. The number of hydrogen-bond acceptors (Lipinski definition) is 5. The summed E-state index contributed by atoms with van der Waals surface area (Å²) in [6.45, 7) is 9.06. The summed E-state index contributed by atoms with van der Waals surface area (Å²) in [7, 11) is 0. The molecule has 2 N–H and O–H groups in total. The van der Waals surface area contributed by atoms with Gasteiger partial charge in [0.25, 0.3) is 5.91 Å². The Kier molecular flexibility index (Phi) is 7.70. The lowest BCUT2D eigenvalue weighted by atomic mass is 10.2. The molecule has 6 nitrogen and oxygen atoms in total. The summed E-state index contributed by atoms with van der Waals surface area (Å²) in [5.41, 5.74) is 0.116. The van der Waals surface area contributed by atoms with E-state index in [1.54, 1.807) is 0 Å². The van der Waals surface area contributed by atoms with E-state index in [9.17, 15) is 4.79 Å². The maximum atomic E-state index is 11.6. The Morgan fingerprint density at radius 1 is 1.45 bits per heavy atom. The van der Waals surface area contributed by atoms with Gasteiger partial charge in [0, 0.05) is 31.9 Å². The number of nitrogens with zero attached hydrogens (tertiary/aromatic N) is 2. The van der Waals surface area contributed by atoms with Crippen LogP contribution in [0, 0.1) is 11.3 Å². The number of nitriles is 1. The van der Waals surface area contributed by atoms with E-state index in [2.05, 4.69) is 15.5 Å². The minimum atomic E-state index is -0.330.